The third-order valence-electron chi connectivity index (χ3n) is 7.77. The first-order valence-corrected chi connectivity index (χ1v) is 13.7. The van der Waals surface area contributed by atoms with E-state index in [9.17, 15) is 14.9 Å². The molecule has 0 radical (unpaired) electrons. The van der Waals surface area contributed by atoms with Crippen molar-refractivity contribution in [3.05, 3.63) is 134 Å². The molecule has 0 spiro atoms. The van der Waals surface area contributed by atoms with Gasteiger partial charge < -0.3 is 14.2 Å². The summed E-state index contributed by atoms with van der Waals surface area (Å²) >= 11 is 0. The van der Waals surface area contributed by atoms with E-state index in [1.54, 1.807) is 14.0 Å². The van der Waals surface area contributed by atoms with Crippen molar-refractivity contribution in [3.63, 3.8) is 0 Å². The number of nitrogens with one attached hydrogen (secondary N) is 1. The van der Waals surface area contributed by atoms with Gasteiger partial charge in [-0.25, -0.2) is 4.79 Å². The van der Waals surface area contributed by atoms with Gasteiger partial charge in [0.2, 0.25) is 0 Å². The minimum absolute atomic E-state index is 0.0288. The van der Waals surface area contributed by atoms with Crippen molar-refractivity contribution < 1.29 is 14.2 Å². The van der Waals surface area contributed by atoms with Gasteiger partial charge in [-0.15, -0.1) is 0 Å². The molecule has 2 heterocycles. The molecule has 1 aliphatic heterocycles. The first-order valence-electron chi connectivity index (χ1n) is 13.7. The van der Waals surface area contributed by atoms with Gasteiger partial charge in [0.05, 0.1) is 25.9 Å². The van der Waals surface area contributed by atoms with Crippen molar-refractivity contribution in [1.82, 2.24) is 9.55 Å². The Morgan fingerprint density at radius 1 is 0.976 bits per heavy atom. The van der Waals surface area contributed by atoms with Crippen molar-refractivity contribution in [2.24, 2.45) is 5.92 Å². The summed E-state index contributed by atoms with van der Waals surface area (Å²) in [6.07, 6.45) is 2.04. The van der Waals surface area contributed by atoms with Crippen LogP contribution in [-0.4, -0.2) is 29.4 Å². The summed E-state index contributed by atoms with van der Waals surface area (Å²) in [5, 5.41) is 9.33. The summed E-state index contributed by atoms with van der Waals surface area (Å²) in [5.74, 6) is 0.711. The van der Waals surface area contributed by atoms with Crippen LogP contribution in [0.25, 0.3) is 0 Å². The maximum absolute atomic E-state index is 12.7. The van der Waals surface area contributed by atoms with E-state index in [1.165, 1.54) is 10.8 Å². The highest BCUT2D eigenvalue weighted by atomic mass is 16.6. The van der Waals surface area contributed by atoms with E-state index >= 15 is 0 Å². The van der Waals surface area contributed by atoms with Gasteiger partial charge in [0.1, 0.15) is 17.6 Å². The highest BCUT2D eigenvalue weighted by Gasteiger charge is 2.42. The van der Waals surface area contributed by atoms with E-state index in [-0.39, 0.29) is 12.5 Å². The van der Waals surface area contributed by atoms with Gasteiger partial charge in [0, 0.05) is 18.2 Å². The van der Waals surface area contributed by atoms with Gasteiger partial charge in [0.15, 0.2) is 0 Å². The number of aryl methyl sites for hydroxylation is 1. The molecule has 4 aromatic rings. The first kappa shape index (κ1) is 28.1. The topological polar surface area (TPSA) is 106 Å². The number of hydrogen-bond donors (Lipinski definition) is 1. The lowest BCUT2D eigenvalue weighted by molar-refractivity contribution is -0.0852. The predicted octanol–water partition coefficient (Wildman–Crippen LogP) is 5.07. The smallest absolute Gasteiger partial charge is 0.330 e. The van der Waals surface area contributed by atoms with E-state index in [4.69, 9.17) is 14.2 Å². The van der Waals surface area contributed by atoms with Crippen LogP contribution >= 0.6 is 0 Å². The van der Waals surface area contributed by atoms with Crippen molar-refractivity contribution in [1.29, 1.82) is 5.26 Å². The summed E-state index contributed by atoms with van der Waals surface area (Å²) in [4.78, 5) is 27.0. The Labute approximate surface area is 238 Å². The largest absolute Gasteiger partial charge is 0.497 e. The molecule has 3 atom stereocenters. The predicted molar refractivity (Wildman–Crippen MR) is 155 cm³/mol. The second kappa shape index (κ2) is 12.4. The van der Waals surface area contributed by atoms with Crippen LogP contribution in [-0.2, 0) is 15.1 Å². The average molecular weight is 552 g/mol. The van der Waals surface area contributed by atoms with Gasteiger partial charge in [-0.3, -0.25) is 14.3 Å². The fourth-order valence-electron chi connectivity index (χ4n) is 5.62. The number of hydrogen-bond acceptors (Lipinski definition) is 6. The molecular weight excluding hydrogens is 518 g/mol. The molecule has 1 N–H and O–H groups in total. The molecular formula is C33H33N3O5. The number of aromatic amines is 1. The van der Waals surface area contributed by atoms with Crippen LogP contribution in [0.5, 0.6) is 5.75 Å². The minimum Gasteiger partial charge on any atom is -0.497 e. The lowest BCUT2D eigenvalue weighted by atomic mass is 9.80. The third-order valence-corrected chi connectivity index (χ3v) is 7.77. The van der Waals surface area contributed by atoms with E-state index in [1.807, 2.05) is 84.9 Å². The molecule has 0 unspecified atom stereocenters. The van der Waals surface area contributed by atoms with Gasteiger partial charge in [-0.2, -0.15) is 5.26 Å². The Balaban J connectivity index is 1.55. The average Bonchev–Trinajstić information content (AvgIpc) is 3.42. The van der Waals surface area contributed by atoms with Gasteiger partial charge >= 0.3 is 5.69 Å². The Kier molecular flexibility index (Phi) is 8.48. The summed E-state index contributed by atoms with van der Waals surface area (Å²) in [6.45, 7) is 1.86. The van der Waals surface area contributed by atoms with Gasteiger partial charge in [-0.05, 0) is 54.5 Å². The number of rotatable bonds is 10. The van der Waals surface area contributed by atoms with Crippen LogP contribution in [0.15, 0.2) is 101 Å². The lowest BCUT2D eigenvalue weighted by Crippen LogP contribution is -2.37. The molecule has 3 aromatic carbocycles. The number of methoxy groups -OCH3 is 1. The molecule has 1 saturated heterocycles. The molecule has 0 amide bonds. The number of H-pyrrole nitrogens is 1. The number of nitrogens with zero attached hydrogens (tertiary/aromatic N) is 2. The number of aromatic nitrogens is 2. The van der Waals surface area contributed by atoms with Crippen LogP contribution in [0.3, 0.4) is 0 Å². The maximum Gasteiger partial charge on any atom is 0.330 e. The van der Waals surface area contributed by atoms with Crippen molar-refractivity contribution in [2.45, 2.75) is 44.1 Å². The Morgan fingerprint density at radius 3 is 2.17 bits per heavy atom. The Hall–Kier alpha value is -4.45. The van der Waals surface area contributed by atoms with Crippen molar-refractivity contribution in [2.75, 3.05) is 13.7 Å². The van der Waals surface area contributed by atoms with Crippen LogP contribution in [0.4, 0.5) is 0 Å². The number of nitriles is 1. The molecule has 8 nitrogen and oxygen atoms in total. The molecule has 41 heavy (non-hydrogen) atoms. The second-order valence-electron chi connectivity index (χ2n) is 10.3. The minimum atomic E-state index is -0.971. The maximum atomic E-state index is 12.7. The van der Waals surface area contributed by atoms with Crippen LogP contribution in [0.1, 0.15) is 47.7 Å². The summed E-state index contributed by atoms with van der Waals surface area (Å²) in [5.41, 5.74) is 1.34. The molecule has 0 aliphatic carbocycles. The molecule has 8 heteroatoms. The molecule has 5 rings (SSSR count). The second-order valence-corrected chi connectivity index (χ2v) is 10.3. The summed E-state index contributed by atoms with van der Waals surface area (Å²) in [6, 6.07) is 30.2. The van der Waals surface area contributed by atoms with Crippen molar-refractivity contribution >= 4 is 0 Å². The number of benzene rings is 3. The Bertz CT molecular complexity index is 1570. The first-order chi connectivity index (χ1) is 20.0. The molecule has 1 fully saturated rings. The van der Waals surface area contributed by atoms with Gasteiger partial charge in [0.25, 0.3) is 5.56 Å². The zero-order valence-electron chi connectivity index (χ0n) is 23.2. The van der Waals surface area contributed by atoms with E-state index < -0.39 is 29.2 Å². The molecule has 210 valence electrons. The van der Waals surface area contributed by atoms with Gasteiger partial charge in [-0.1, -0.05) is 72.8 Å². The van der Waals surface area contributed by atoms with Crippen LogP contribution in [0, 0.1) is 24.2 Å². The van der Waals surface area contributed by atoms with E-state index in [0.29, 0.717) is 24.8 Å². The van der Waals surface area contributed by atoms with Crippen LogP contribution in [0.2, 0.25) is 0 Å². The molecule has 1 aromatic heterocycles. The Morgan fingerprint density at radius 2 is 1.59 bits per heavy atom. The summed E-state index contributed by atoms with van der Waals surface area (Å²) < 4.78 is 20.3. The monoisotopic (exact) mass is 551 g/mol. The standard InChI is InChI=1S/C33H33N3O5/c1-23-21-36(32(38)35-31(23)37)30-20-24(10-9-19-34)29(41-30)22-40-33(25-11-5-3-6-12-25,26-13-7-4-8-14-26)27-15-17-28(39-2)18-16-27/h3-8,11-18,21,24,29-30H,9-10,20,22H2,1-2H3,(H,35,37,38)/t24-,29-,30-/m1/s1. The highest BCUT2D eigenvalue weighted by Crippen LogP contribution is 2.43. The molecule has 0 bridgehead atoms. The summed E-state index contributed by atoms with van der Waals surface area (Å²) in [7, 11) is 1.64. The third kappa shape index (κ3) is 5.73. The zero-order valence-corrected chi connectivity index (χ0v) is 23.2. The zero-order chi connectivity index (χ0) is 28.8. The normalized spacial score (nSPS) is 18.6. The highest BCUT2D eigenvalue weighted by molar-refractivity contribution is 5.48. The van der Waals surface area contributed by atoms with Crippen molar-refractivity contribution in [3.8, 4) is 11.8 Å². The van der Waals surface area contributed by atoms with E-state index in [2.05, 4.69) is 11.1 Å². The van der Waals surface area contributed by atoms with Crippen LogP contribution < -0.4 is 16.0 Å². The fraction of sp³-hybridized carbons (Fsp3) is 0.303. The SMILES string of the molecule is COc1ccc(C(OC[C@H]2O[C@@H](n3cc(C)c(=O)[nH]c3=O)C[C@H]2CCC#N)(c2ccccc2)c2ccccc2)cc1. The molecule has 1 aliphatic rings. The molecule has 0 saturated carbocycles. The number of ether oxygens (including phenoxy) is 3. The lowest BCUT2D eigenvalue weighted by Gasteiger charge is -2.37. The quantitative estimate of drug-likeness (QED) is 0.276. The fourth-order valence-corrected chi connectivity index (χ4v) is 5.62. The van der Waals surface area contributed by atoms with E-state index in [0.717, 1.165) is 22.4 Å².